The fourth-order valence-electron chi connectivity index (χ4n) is 2.80. The van der Waals surface area contributed by atoms with E-state index in [1.54, 1.807) is 0 Å². The van der Waals surface area contributed by atoms with Gasteiger partial charge >= 0.3 is 0 Å². The molecule has 0 bridgehead atoms. The summed E-state index contributed by atoms with van der Waals surface area (Å²) in [6, 6.07) is 0. The molecule has 3 nitrogen and oxygen atoms in total. The van der Waals surface area contributed by atoms with E-state index in [-0.39, 0.29) is 0 Å². The fourth-order valence-corrected chi connectivity index (χ4v) is 2.80. The summed E-state index contributed by atoms with van der Waals surface area (Å²) < 4.78 is 0. The van der Waals surface area contributed by atoms with Crippen LogP contribution in [-0.4, -0.2) is 25.5 Å². The number of rotatable bonds is 4. The van der Waals surface area contributed by atoms with Crippen molar-refractivity contribution in [2.75, 3.05) is 19.6 Å². The van der Waals surface area contributed by atoms with E-state index < -0.39 is 0 Å². The van der Waals surface area contributed by atoms with Crippen LogP contribution < -0.4 is 10.6 Å². The first kappa shape index (κ1) is 11.9. The normalized spacial score (nSPS) is 27.1. The van der Waals surface area contributed by atoms with Crippen LogP contribution >= 0.6 is 0 Å². The lowest BCUT2D eigenvalue weighted by Crippen LogP contribution is -2.34. The van der Waals surface area contributed by atoms with Gasteiger partial charge in [-0.2, -0.15) is 0 Å². The summed E-state index contributed by atoms with van der Waals surface area (Å²) in [6.07, 6.45) is 4.60. The Labute approximate surface area is 98.4 Å². The molecular weight excluding hydrogens is 200 g/mol. The standard InChI is InChI=1S/C13H24N2O/c1-10(2)3-6-15-12(16)11-9-13(11)4-7-14-8-5-13/h10-11,14H,3-9H2,1-2H3,(H,15,16)/t11-/m1/s1. The highest BCUT2D eigenvalue weighted by molar-refractivity contribution is 5.82. The largest absolute Gasteiger partial charge is 0.356 e. The summed E-state index contributed by atoms with van der Waals surface area (Å²) in [7, 11) is 0. The molecule has 0 aromatic carbocycles. The first-order chi connectivity index (χ1) is 7.64. The minimum Gasteiger partial charge on any atom is -0.356 e. The molecule has 2 rings (SSSR count). The van der Waals surface area contributed by atoms with E-state index in [4.69, 9.17) is 0 Å². The summed E-state index contributed by atoms with van der Waals surface area (Å²) in [6.45, 7) is 7.42. The smallest absolute Gasteiger partial charge is 0.223 e. The van der Waals surface area contributed by atoms with Crippen molar-refractivity contribution < 1.29 is 4.79 Å². The highest BCUT2D eigenvalue weighted by Gasteiger charge is 2.57. The Morgan fingerprint density at radius 3 is 2.75 bits per heavy atom. The Bertz CT molecular complexity index is 257. The Hall–Kier alpha value is -0.570. The van der Waals surface area contributed by atoms with Crippen molar-refractivity contribution in [3.63, 3.8) is 0 Å². The summed E-state index contributed by atoms with van der Waals surface area (Å²) in [4.78, 5) is 11.9. The Balaban J connectivity index is 1.71. The molecule has 92 valence electrons. The van der Waals surface area contributed by atoms with E-state index >= 15 is 0 Å². The molecule has 1 saturated heterocycles. The average molecular weight is 224 g/mol. The van der Waals surface area contributed by atoms with E-state index in [0.717, 1.165) is 32.5 Å². The second-order valence-electron chi connectivity index (χ2n) is 5.84. The number of hydrogen-bond acceptors (Lipinski definition) is 2. The molecule has 2 N–H and O–H groups in total. The van der Waals surface area contributed by atoms with Gasteiger partial charge in [-0.1, -0.05) is 13.8 Å². The highest BCUT2D eigenvalue weighted by Crippen LogP contribution is 2.58. The van der Waals surface area contributed by atoms with Crippen molar-refractivity contribution in [2.24, 2.45) is 17.3 Å². The van der Waals surface area contributed by atoms with Crippen molar-refractivity contribution in [3.05, 3.63) is 0 Å². The number of amides is 1. The molecule has 1 heterocycles. The molecule has 0 radical (unpaired) electrons. The van der Waals surface area contributed by atoms with E-state index in [0.29, 0.717) is 23.2 Å². The third-order valence-corrected chi connectivity index (χ3v) is 4.13. The minimum atomic E-state index is 0.308. The van der Waals surface area contributed by atoms with Crippen LogP contribution in [0.3, 0.4) is 0 Å². The molecule has 3 heteroatoms. The van der Waals surface area contributed by atoms with Gasteiger partial charge in [-0.3, -0.25) is 4.79 Å². The van der Waals surface area contributed by atoms with Gasteiger partial charge in [-0.05, 0) is 50.1 Å². The maximum Gasteiger partial charge on any atom is 0.223 e. The van der Waals surface area contributed by atoms with Crippen LogP contribution in [0.5, 0.6) is 0 Å². The quantitative estimate of drug-likeness (QED) is 0.760. The molecule has 1 aliphatic heterocycles. The summed E-state index contributed by atoms with van der Waals surface area (Å²) >= 11 is 0. The summed E-state index contributed by atoms with van der Waals surface area (Å²) in [5.74, 6) is 1.30. The first-order valence-electron chi connectivity index (χ1n) is 6.62. The molecule has 2 fully saturated rings. The third-order valence-electron chi connectivity index (χ3n) is 4.13. The van der Waals surface area contributed by atoms with Gasteiger partial charge in [0.2, 0.25) is 5.91 Å². The molecule has 1 saturated carbocycles. The second-order valence-corrected chi connectivity index (χ2v) is 5.84. The van der Waals surface area contributed by atoms with Crippen molar-refractivity contribution in [1.82, 2.24) is 10.6 Å². The lowest BCUT2D eigenvalue weighted by Gasteiger charge is -2.23. The van der Waals surface area contributed by atoms with E-state index in [2.05, 4.69) is 24.5 Å². The zero-order chi connectivity index (χ0) is 11.6. The van der Waals surface area contributed by atoms with Crippen LogP contribution in [0.4, 0.5) is 0 Å². The van der Waals surface area contributed by atoms with Gasteiger partial charge in [-0.25, -0.2) is 0 Å². The molecule has 1 amide bonds. The fraction of sp³-hybridized carbons (Fsp3) is 0.923. The zero-order valence-corrected chi connectivity index (χ0v) is 10.5. The predicted octanol–water partition coefficient (Wildman–Crippen LogP) is 1.54. The monoisotopic (exact) mass is 224 g/mol. The van der Waals surface area contributed by atoms with E-state index in [9.17, 15) is 4.79 Å². The number of nitrogens with one attached hydrogen (secondary N) is 2. The Kier molecular flexibility index (Phi) is 3.53. The Morgan fingerprint density at radius 2 is 2.12 bits per heavy atom. The maximum absolute atomic E-state index is 11.9. The van der Waals surface area contributed by atoms with Gasteiger partial charge in [0.25, 0.3) is 0 Å². The molecule has 1 aliphatic carbocycles. The number of carbonyl (C=O) groups is 1. The van der Waals surface area contributed by atoms with Crippen LogP contribution in [0.2, 0.25) is 0 Å². The van der Waals surface area contributed by atoms with Crippen LogP contribution in [-0.2, 0) is 4.79 Å². The predicted molar refractivity (Wildman–Crippen MR) is 65.1 cm³/mol. The van der Waals surface area contributed by atoms with Gasteiger partial charge in [0.15, 0.2) is 0 Å². The molecule has 16 heavy (non-hydrogen) atoms. The number of hydrogen-bond donors (Lipinski definition) is 2. The van der Waals surface area contributed by atoms with Gasteiger partial charge in [-0.15, -0.1) is 0 Å². The van der Waals surface area contributed by atoms with Crippen molar-refractivity contribution in [1.29, 1.82) is 0 Å². The molecule has 1 atom stereocenters. The second kappa shape index (κ2) is 4.74. The van der Waals surface area contributed by atoms with Crippen LogP contribution in [0.15, 0.2) is 0 Å². The van der Waals surface area contributed by atoms with Crippen LogP contribution in [0, 0.1) is 17.3 Å². The van der Waals surface area contributed by atoms with Gasteiger partial charge in [0.05, 0.1) is 0 Å². The van der Waals surface area contributed by atoms with Crippen molar-refractivity contribution in [3.8, 4) is 0 Å². The lowest BCUT2D eigenvalue weighted by atomic mass is 9.92. The van der Waals surface area contributed by atoms with Gasteiger partial charge < -0.3 is 10.6 Å². The van der Waals surface area contributed by atoms with Crippen LogP contribution in [0.25, 0.3) is 0 Å². The summed E-state index contributed by atoms with van der Waals surface area (Å²) in [5.41, 5.74) is 0.382. The van der Waals surface area contributed by atoms with Crippen molar-refractivity contribution >= 4 is 5.91 Å². The third kappa shape index (κ3) is 2.57. The van der Waals surface area contributed by atoms with Crippen LogP contribution in [0.1, 0.15) is 39.5 Å². The van der Waals surface area contributed by atoms with Gasteiger partial charge in [0.1, 0.15) is 0 Å². The molecular formula is C13H24N2O. The molecule has 0 aromatic heterocycles. The molecule has 2 aliphatic rings. The SMILES string of the molecule is CC(C)CCNC(=O)[C@H]1CC12CCNCC2. The maximum atomic E-state index is 11.9. The average Bonchev–Trinajstić information content (AvgIpc) is 2.92. The Morgan fingerprint density at radius 1 is 1.44 bits per heavy atom. The van der Waals surface area contributed by atoms with E-state index in [1.807, 2.05) is 0 Å². The number of carbonyl (C=O) groups excluding carboxylic acids is 1. The highest BCUT2D eigenvalue weighted by atomic mass is 16.2. The van der Waals surface area contributed by atoms with E-state index in [1.165, 1.54) is 12.8 Å². The summed E-state index contributed by atoms with van der Waals surface area (Å²) in [5, 5.41) is 6.45. The zero-order valence-electron chi connectivity index (χ0n) is 10.5. The first-order valence-corrected chi connectivity index (χ1v) is 6.62. The van der Waals surface area contributed by atoms with Crippen molar-refractivity contribution in [2.45, 2.75) is 39.5 Å². The minimum absolute atomic E-state index is 0.308. The number of piperidine rings is 1. The van der Waals surface area contributed by atoms with Gasteiger partial charge in [0, 0.05) is 12.5 Å². The molecule has 1 spiro atoms. The lowest BCUT2D eigenvalue weighted by molar-refractivity contribution is -0.123. The molecule has 0 unspecified atom stereocenters. The molecule has 0 aromatic rings. The topological polar surface area (TPSA) is 41.1 Å².